The maximum absolute atomic E-state index is 13.8. The molecule has 2 aromatic carbocycles. The van der Waals surface area contributed by atoms with E-state index in [-0.39, 0.29) is 25.2 Å². The highest BCUT2D eigenvalue weighted by molar-refractivity contribution is 6.36. The summed E-state index contributed by atoms with van der Waals surface area (Å²) in [5.41, 5.74) is 2.91. The summed E-state index contributed by atoms with van der Waals surface area (Å²) in [7, 11) is 2.06. The molecule has 2 saturated heterocycles. The third-order valence-electron chi connectivity index (χ3n) is 8.87. The standard InChI is InChI=1S/C33H37ClFN7O3/c1-21(16-39(4)25-19-44-20-25)45-33-37-28-18-40(29-10-6-8-23-7-5-9-27(34)30(23)29)12-11-26(28)31(38-33)41-13-14-42(32(43)22(2)35)24(17-41)15-36-3/h5-10,21,24-25H,2,11-20H2,1,4H3/t21-,24-/m0/s1. The van der Waals surface area contributed by atoms with E-state index >= 15 is 0 Å². The fourth-order valence-electron chi connectivity index (χ4n) is 6.43. The highest BCUT2D eigenvalue weighted by Crippen LogP contribution is 2.37. The van der Waals surface area contributed by atoms with Gasteiger partial charge in [0.2, 0.25) is 6.54 Å². The van der Waals surface area contributed by atoms with Gasteiger partial charge in [-0.1, -0.05) is 42.4 Å². The van der Waals surface area contributed by atoms with E-state index in [1.165, 1.54) is 4.90 Å². The summed E-state index contributed by atoms with van der Waals surface area (Å²) in [5, 5.41) is 2.78. The first-order chi connectivity index (χ1) is 21.7. The second-order valence-electron chi connectivity index (χ2n) is 11.9. The highest BCUT2D eigenvalue weighted by atomic mass is 35.5. The molecule has 3 aliphatic heterocycles. The van der Waals surface area contributed by atoms with Gasteiger partial charge in [0.25, 0.3) is 5.91 Å². The summed E-state index contributed by atoms with van der Waals surface area (Å²) in [6.07, 6.45) is 0.498. The number of benzene rings is 2. The average molecular weight is 634 g/mol. The molecule has 2 fully saturated rings. The first kappa shape index (κ1) is 31.0. The number of carbonyl (C=O) groups excluding carboxylic acids is 1. The lowest BCUT2D eigenvalue weighted by Crippen LogP contribution is -2.57. The zero-order chi connectivity index (χ0) is 31.7. The predicted molar refractivity (Wildman–Crippen MR) is 173 cm³/mol. The average Bonchev–Trinajstić information content (AvgIpc) is 2.99. The fourth-order valence-corrected chi connectivity index (χ4v) is 6.71. The lowest BCUT2D eigenvalue weighted by atomic mass is 10.0. The van der Waals surface area contributed by atoms with E-state index in [1.54, 1.807) is 0 Å². The molecule has 236 valence electrons. The first-order valence-corrected chi connectivity index (χ1v) is 15.6. The molecule has 6 rings (SSSR count). The molecule has 1 amide bonds. The summed E-state index contributed by atoms with van der Waals surface area (Å²) in [5.74, 6) is -1.05. The van der Waals surface area contributed by atoms with Crippen molar-refractivity contribution in [1.82, 2.24) is 19.8 Å². The van der Waals surface area contributed by atoms with Crippen molar-refractivity contribution in [2.75, 3.05) is 69.3 Å². The lowest BCUT2D eigenvalue weighted by molar-refractivity contribution is -0.131. The molecule has 3 aromatic rings. The van der Waals surface area contributed by atoms with E-state index in [0.717, 1.165) is 40.1 Å². The highest BCUT2D eigenvalue weighted by Gasteiger charge is 2.36. The van der Waals surface area contributed by atoms with E-state index in [9.17, 15) is 9.18 Å². The number of rotatable bonds is 9. The summed E-state index contributed by atoms with van der Waals surface area (Å²) in [4.78, 5) is 34.0. The Morgan fingerprint density at radius 3 is 2.71 bits per heavy atom. The van der Waals surface area contributed by atoms with E-state index in [2.05, 4.69) is 51.4 Å². The van der Waals surface area contributed by atoms with Gasteiger partial charge >= 0.3 is 6.01 Å². The number of nitrogens with zero attached hydrogens (tertiary/aromatic N) is 7. The number of ether oxygens (including phenoxy) is 2. The molecule has 12 heteroatoms. The Morgan fingerprint density at radius 1 is 1.22 bits per heavy atom. The minimum absolute atomic E-state index is 0.0516. The number of amides is 1. The van der Waals surface area contributed by atoms with Crippen LogP contribution in [0.25, 0.3) is 15.6 Å². The van der Waals surface area contributed by atoms with Crippen molar-refractivity contribution < 1.29 is 18.7 Å². The van der Waals surface area contributed by atoms with Gasteiger partial charge in [0, 0.05) is 49.4 Å². The molecule has 0 aliphatic carbocycles. The van der Waals surface area contributed by atoms with Crippen LogP contribution >= 0.6 is 11.6 Å². The fraction of sp³-hybridized carbons (Fsp3) is 0.455. The molecule has 0 N–H and O–H groups in total. The number of hydrogen-bond donors (Lipinski definition) is 0. The number of halogens is 2. The molecule has 1 aromatic heterocycles. The molecule has 0 radical (unpaired) electrons. The van der Waals surface area contributed by atoms with Gasteiger partial charge in [-0.05, 0) is 37.9 Å². The Labute approximate surface area is 267 Å². The number of likely N-dealkylation sites (N-methyl/N-ethyl adjacent to an activating group) is 1. The lowest BCUT2D eigenvalue weighted by Gasteiger charge is -2.41. The molecule has 45 heavy (non-hydrogen) atoms. The molecule has 0 bridgehead atoms. The first-order valence-electron chi connectivity index (χ1n) is 15.2. The zero-order valence-corrected chi connectivity index (χ0v) is 26.3. The second kappa shape index (κ2) is 13.2. The number of hydrogen-bond acceptors (Lipinski definition) is 8. The molecule has 3 aliphatic rings. The topological polar surface area (TPSA) is 78.6 Å². The Morgan fingerprint density at radius 2 is 2.00 bits per heavy atom. The van der Waals surface area contributed by atoms with Gasteiger partial charge in [-0.2, -0.15) is 9.97 Å². The van der Waals surface area contributed by atoms with Crippen molar-refractivity contribution >= 4 is 39.8 Å². The SMILES string of the molecule is [C-]#[N+]C[C@H]1CN(c2nc(O[C@@H](C)CN(C)C3COC3)nc3c2CCN(c2cccc4cccc(Cl)c24)C3)CCN1C(=O)C(=C)F. The van der Waals surface area contributed by atoms with Crippen LogP contribution in [0.4, 0.5) is 15.9 Å². The normalized spacial score (nSPS) is 19.2. The predicted octanol–water partition coefficient (Wildman–Crippen LogP) is 4.36. The zero-order valence-electron chi connectivity index (χ0n) is 25.6. The molecule has 0 saturated carbocycles. The van der Waals surface area contributed by atoms with Gasteiger partial charge in [0.05, 0.1) is 36.5 Å². The Hall–Kier alpha value is -3.98. The van der Waals surface area contributed by atoms with Gasteiger partial charge in [-0.15, -0.1) is 0 Å². The number of carbonyl (C=O) groups is 1. The molecule has 0 unspecified atom stereocenters. The summed E-state index contributed by atoms with van der Waals surface area (Å²) in [6.45, 7) is 17.1. The van der Waals surface area contributed by atoms with Crippen LogP contribution in [0, 0.1) is 6.57 Å². The minimum atomic E-state index is -1.02. The maximum Gasteiger partial charge on any atom is 0.318 e. The summed E-state index contributed by atoms with van der Waals surface area (Å²) >= 11 is 6.69. The quantitative estimate of drug-likeness (QED) is 0.254. The minimum Gasteiger partial charge on any atom is -0.459 e. The molecular weight excluding hydrogens is 597 g/mol. The van der Waals surface area contributed by atoms with Crippen LogP contribution < -0.4 is 14.5 Å². The smallest absolute Gasteiger partial charge is 0.318 e. The van der Waals surface area contributed by atoms with Crippen molar-refractivity contribution in [3.05, 3.63) is 76.5 Å². The third kappa shape index (κ3) is 6.41. The summed E-state index contributed by atoms with van der Waals surface area (Å²) in [6, 6.07) is 12.3. The van der Waals surface area contributed by atoms with E-state index in [4.69, 9.17) is 37.6 Å². The molecule has 2 atom stereocenters. The van der Waals surface area contributed by atoms with Crippen molar-refractivity contribution in [2.24, 2.45) is 0 Å². The van der Waals surface area contributed by atoms with Crippen molar-refractivity contribution in [3.63, 3.8) is 0 Å². The molecule has 0 spiro atoms. The van der Waals surface area contributed by atoms with Crippen LogP contribution in [0.15, 0.2) is 48.8 Å². The second-order valence-corrected chi connectivity index (χ2v) is 12.4. The summed E-state index contributed by atoms with van der Waals surface area (Å²) < 4.78 is 25.5. The molecule has 10 nitrogen and oxygen atoms in total. The van der Waals surface area contributed by atoms with E-state index in [1.807, 2.05) is 25.1 Å². The molecule has 4 heterocycles. The third-order valence-corrected chi connectivity index (χ3v) is 9.18. The number of piperazine rings is 1. The van der Waals surface area contributed by atoms with Gasteiger partial charge in [0.15, 0.2) is 5.83 Å². The Kier molecular flexibility index (Phi) is 9.08. The maximum atomic E-state index is 13.8. The Balaban J connectivity index is 1.33. The van der Waals surface area contributed by atoms with Crippen molar-refractivity contribution in [1.29, 1.82) is 0 Å². The number of aromatic nitrogens is 2. The van der Waals surface area contributed by atoms with Crippen molar-refractivity contribution in [3.8, 4) is 6.01 Å². The van der Waals surface area contributed by atoms with Crippen LogP contribution in [0.3, 0.4) is 0 Å². The van der Waals surface area contributed by atoms with E-state index in [0.29, 0.717) is 56.9 Å². The van der Waals surface area contributed by atoms with Crippen LogP contribution in [0.5, 0.6) is 6.01 Å². The number of fused-ring (bicyclic) bond motifs is 2. The van der Waals surface area contributed by atoms with Gasteiger partial charge in [0.1, 0.15) is 18.0 Å². The van der Waals surface area contributed by atoms with Crippen LogP contribution in [0.1, 0.15) is 18.2 Å². The van der Waals surface area contributed by atoms with Gasteiger partial charge in [-0.3, -0.25) is 9.69 Å². The monoisotopic (exact) mass is 633 g/mol. The van der Waals surface area contributed by atoms with Gasteiger partial charge < -0.3 is 29.0 Å². The van der Waals surface area contributed by atoms with E-state index < -0.39 is 17.8 Å². The molecular formula is C33H37ClFN7O3. The van der Waals surface area contributed by atoms with Gasteiger partial charge in [-0.25, -0.2) is 11.0 Å². The Bertz CT molecular complexity index is 1640. The van der Waals surface area contributed by atoms with Crippen molar-refractivity contribution in [2.45, 2.75) is 38.1 Å². The van der Waals surface area contributed by atoms with Crippen LogP contribution in [0.2, 0.25) is 5.02 Å². The largest absolute Gasteiger partial charge is 0.459 e. The van der Waals surface area contributed by atoms with Crippen LogP contribution in [-0.2, 0) is 22.5 Å². The number of anilines is 2. The van der Waals surface area contributed by atoms with Crippen LogP contribution in [-0.4, -0.2) is 103 Å².